The van der Waals surface area contributed by atoms with Crippen molar-refractivity contribution >= 4 is 17.9 Å². The molecule has 6 atom stereocenters. The summed E-state index contributed by atoms with van der Waals surface area (Å²) in [7, 11) is 0. The van der Waals surface area contributed by atoms with E-state index in [-0.39, 0.29) is 24.1 Å². The van der Waals surface area contributed by atoms with Crippen molar-refractivity contribution in [1.82, 2.24) is 0 Å². The third-order valence-corrected chi connectivity index (χ3v) is 5.09. The molecule has 0 aliphatic carbocycles. The van der Waals surface area contributed by atoms with Crippen molar-refractivity contribution in [3.63, 3.8) is 0 Å². The van der Waals surface area contributed by atoms with Gasteiger partial charge in [0.05, 0.1) is 17.4 Å². The van der Waals surface area contributed by atoms with Gasteiger partial charge in [0.2, 0.25) is 0 Å². The average Bonchev–Trinajstić information content (AvgIpc) is 3.11. The fourth-order valence-electron chi connectivity index (χ4n) is 3.12. The first kappa shape index (κ1) is 16.2. The molecule has 0 aromatic carbocycles. The number of carbonyl (C=O) groups is 3. The van der Waals surface area contributed by atoms with E-state index >= 15 is 0 Å². The van der Waals surface area contributed by atoms with E-state index in [4.69, 9.17) is 18.9 Å². The predicted molar refractivity (Wildman–Crippen MR) is 76.2 cm³/mol. The maximum absolute atomic E-state index is 12.2. The molecule has 0 aromatic rings. The van der Waals surface area contributed by atoms with Gasteiger partial charge in [-0.15, -0.1) is 0 Å². The molecular formula is C16H22O7. The summed E-state index contributed by atoms with van der Waals surface area (Å²) in [5, 5.41) is 0. The van der Waals surface area contributed by atoms with Crippen LogP contribution in [0.2, 0.25) is 0 Å². The molecule has 3 aliphatic heterocycles. The minimum atomic E-state index is -1.01. The average molecular weight is 326 g/mol. The Labute approximate surface area is 134 Å². The largest absolute Gasteiger partial charge is 0.455 e. The molecule has 2 bridgehead atoms. The van der Waals surface area contributed by atoms with Crippen molar-refractivity contribution in [2.75, 3.05) is 0 Å². The highest BCUT2D eigenvalue weighted by Gasteiger charge is 2.65. The first-order valence-corrected chi connectivity index (χ1v) is 8.02. The van der Waals surface area contributed by atoms with E-state index < -0.39 is 35.7 Å². The van der Waals surface area contributed by atoms with Gasteiger partial charge in [-0.2, -0.15) is 0 Å². The van der Waals surface area contributed by atoms with Crippen LogP contribution in [0.25, 0.3) is 0 Å². The summed E-state index contributed by atoms with van der Waals surface area (Å²) in [4.78, 5) is 35.8. The quantitative estimate of drug-likeness (QED) is 0.549. The van der Waals surface area contributed by atoms with Crippen molar-refractivity contribution in [3.05, 3.63) is 0 Å². The Bertz CT molecular complexity index is 541. The fraction of sp³-hybridized carbons (Fsp3) is 0.812. The Morgan fingerprint density at radius 3 is 2.70 bits per heavy atom. The van der Waals surface area contributed by atoms with Crippen LogP contribution in [0.5, 0.6) is 0 Å². The third-order valence-electron chi connectivity index (χ3n) is 5.09. The molecule has 3 fully saturated rings. The van der Waals surface area contributed by atoms with Gasteiger partial charge in [0.15, 0.2) is 18.3 Å². The minimum absolute atomic E-state index is 0.236. The van der Waals surface area contributed by atoms with Crippen molar-refractivity contribution in [1.29, 1.82) is 0 Å². The maximum Gasteiger partial charge on any atom is 0.347 e. The van der Waals surface area contributed by atoms with Crippen LogP contribution in [0, 0.1) is 11.3 Å². The summed E-state index contributed by atoms with van der Waals surface area (Å²) in [5.74, 6) is -1.61. The third kappa shape index (κ3) is 2.60. The molecule has 0 aromatic heterocycles. The zero-order valence-corrected chi connectivity index (χ0v) is 13.7. The standard InChI is InChI=1S/C16H22O7/c1-5-16(3,4)15(19)20-7(2)13(17)22-11-9-6-8-10(21-9)12(11)23-14(8)18/h7-12H,5-6H2,1-4H3. The smallest absolute Gasteiger partial charge is 0.347 e. The monoisotopic (exact) mass is 326 g/mol. The van der Waals surface area contributed by atoms with Gasteiger partial charge in [-0.05, 0) is 33.6 Å². The van der Waals surface area contributed by atoms with Crippen molar-refractivity contribution < 1.29 is 33.3 Å². The Balaban J connectivity index is 1.58. The lowest BCUT2D eigenvalue weighted by Gasteiger charge is -2.26. The molecule has 128 valence electrons. The highest BCUT2D eigenvalue weighted by Crippen LogP contribution is 2.47. The van der Waals surface area contributed by atoms with Gasteiger partial charge in [0.25, 0.3) is 0 Å². The van der Waals surface area contributed by atoms with E-state index in [9.17, 15) is 14.4 Å². The first-order valence-electron chi connectivity index (χ1n) is 8.02. The Hall–Kier alpha value is -1.63. The molecule has 0 saturated carbocycles. The maximum atomic E-state index is 12.2. The molecule has 3 heterocycles. The van der Waals surface area contributed by atoms with Crippen LogP contribution in [-0.4, -0.2) is 48.4 Å². The molecule has 0 N–H and O–H groups in total. The number of ether oxygens (including phenoxy) is 4. The summed E-state index contributed by atoms with van der Waals surface area (Å²) in [6.45, 7) is 6.87. The Kier molecular flexibility index (Phi) is 3.86. The molecule has 6 unspecified atom stereocenters. The molecular weight excluding hydrogens is 304 g/mol. The van der Waals surface area contributed by atoms with Crippen molar-refractivity contribution in [2.24, 2.45) is 11.3 Å². The fourth-order valence-corrected chi connectivity index (χ4v) is 3.12. The van der Waals surface area contributed by atoms with Crippen LogP contribution in [0.4, 0.5) is 0 Å². The second-order valence-corrected chi connectivity index (χ2v) is 7.07. The lowest BCUT2D eigenvalue weighted by Crippen LogP contribution is -2.43. The lowest BCUT2D eigenvalue weighted by molar-refractivity contribution is -0.179. The molecule has 3 saturated heterocycles. The van der Waals surface area contributed by atoms with Crippen molar-refractivity contribution in [3.8, 4) is 0 Å². The van der Waals surface area contributed by atoms with E-state index in [1.807, 2.05) is 6.92 Å². The van der Waals surface area contributed by atoms with Crippen LogP contribution in [0.15, 0.2) is 0 Å². The molecule has 0 radical (unpaired) electrons. The minimum Gasteiger partial charge on any atom is -0.455 e. The van der Waals surface area contributed by atoms with E-state index in [1.165, 1.54) is 6.92 Å². The zero-order valence-electron chi connectivity index (χ0n) is 13.7. The molecule has 7 nitrogen and oxygen atoms in total. The van der Waals surface area contributed by atoms with Crippen LogP contribution in [0.3, 0.4) is 0 Å². The zero-order chi connectivity index (χ0) is 16.9. The molecule has 3 rings (SSSR count). The topological polar surface area (TPSA) is 88.1 Å². The number of rotatable bonds is 5. The number of hydrogen-bond acceptors (Lipinski definition) is 7. The van der Waals surface area contributed by atoms with Gasteiger partial charge in [-0.25, -0.2) is 4.79 Å². The summed E-state index contributed by atoms with van der Waals surface area (Å²) in [5.41, 5.74) is -0.654. The molecule has 0 spiro atoms. The molecule has 23 heavy (non-hydrogen) atoms. The number of esters is 3. The van der Waals surface area contributed by atoms with Crippen LogP contribution < -0.4 is 0 Å². The molecule has 3 aliphatic rings. The van der Waals surface area contributed by atoms with Gasteiger partial charge in [-0.3, -0.25) is 9.59 Å². The van der Waals surface area contributed by atoms with Gasteiger partial charge < -0.3 is 18.9 Å². The van der Waals surface area contributed by atoms with E-state index in [0.717, 1.165) is 0 Å². The van der Waals surface area contributed by atoms with Crippen LogP contribution >= 0.6 is 0 Å². The second-order valence-electron chi connectivity index (χ2n) is 7.07. The Morgan fingerprint density at radius 1 is 1.35 bits per heavy atom. The predicted octanol–water partition coefficient (Wildman–Crippen LogP) is 0.979. The van der Waals surface area contributed by atoms with E-state index in [1.54, 1.807) is 13.8 Å². The van der Waals surface area contributed by atoms with Gasteiger partial charge in [0, 0.05) is 0 Å². The number of carbonyl (C=O) groups excluding carboxylic acids is 3. The highest BCUT2D eigenvalue weighted by molar-refractivity contribution is 5.82. The van der Waals surface area contributed by atoms with Crippen LogP contribution in [0.1, 0.15) is 40.5 Å². The number of hydrogen-bond donors (Lipinski definition) is 0. The summed E-state index contributed by atoms with van der Waals surface area (Å²) in [6, 6.07) is 0. The summed E-state index contributed by atoms with van der Waals surface area (Å²) in [6.07, 6.45) is -1.69. The van der Waals surface area contributed by atoms with E-state index in [2.05, 4.69) is 0 Å². The normalized spacial score (nSPS) is 35.8. The summed E-state index contributed by atoms with van der Waals surface area (Å²) < 4.78 is 21.5. The lowest BCUT2D eigenvalue weighted by atomic mass is 9.88. The van der Waals surface area contributed by atoms with Crippen molar-refractivity contribution in [2.45, 2.75) is 71.1 Å². The first-order chi connectivity index (χ1) is 10.7. The molecule has 7 heteroatoms. The number of fused-ring (bicyclic) bond motifs is 1. The van der Waals surface area contributed by atoms with Crippen LogP contribution in [-0.2, 0) is 33.3 Å². The van der Waals surface area contributed by atoms with Gasteiger partial charge in [0.1, 0.15) is 6.10 Å². The van der Waals surface area contributed by atoms with Gasteiger partial charge in [-0.1, -0.05) is 6.92 Å². The SMILES string of the molecule is CCC(C)(C)C(=O)OC(C)C(=O)OC1C2CC3C(=O)OC1C3O2. The Morgan fingerprint density at radius 2 is 2.04 bits per heavy atom. The highest BCUT2D eigenvalue weighted by atomic mass is 16.7. The van der Waals surface area contributed by atoms with Gasteiger partial charge >= 0.3 is 17.9 Å². The summed E-state index contributed by atoms with van der Waals surface area (Å²) >= 11 is 0. The van der Waals surface area contributed by atoms with E-state index in [0.29, 0.717) is 12.8 Å². The molecule has 0 amide bonds. The second kappa shape index (κ2) is 5.47.